The van der Waals surface area contributed by atoms with E-state index in [0.29, 0.717) is 5.56 Å². The van der Waals surface area contributed by atoms with Crippen molar-refractivity contribution in [2.75, 3.05) is 5.32 Å². The number of aryl methyl sites for hydroxylation is 3. The lowest BCUT2D eigenvalue weighted by Gasteiger charge is -2.14. The van der Waals surface area contributed by atoms with Gasteiger partial charge in [-0.2, -0.15) is 9.64 Å². The van der Waals surface area contributed by atoms with E-state index in [1.807, 2.05) is 6.92 Å². The molecule has 0 amide bonds. The normalized spacial score (nSPS) is 10.2. The molecule has 19 heavy (non-hydrogen) atoms. The van der Waals surface area contributed by atoms with Gasteiger partial charge in [-0.1, -0.05) is 32.0 Å². The first kappa shape index (κ1) is 13.6. The fourth-order valence-electron chi connectivity index (χ4n) is 2.10. The Balaban J connectivity index is 2.46. The summed E-state index contributed by atoms with van der Waals surface area (Å²) in [5.74, 6) is 0. The third-order valence-corrected chi connectivity index (χ3v) is 4.07. The van der Waals surface area contributed by atoms with E-state index in [1.54, 1.807) is 0 Å². The summed E-state index contributed by atoms with van der Waals surface area (Å²) in [6.07, 6.45) is 1.94. The molecule has 0 aliphatic carbocycles. The number of hydrogen-bond acceptors (Lipinski definition) is 4. The Hall–Kier alpha value is -1.86. The molecule has 0 aliphatic rings. The predicted molar refractivity (Wildman–Crippen MR) is 80.0 cm³/mol. The fourth-order valence-corrected chi connectivity index (χ4v) is 2.86. The van der Waals surface area contributed by atoms with Crippen LogP contribution < -0.4 is 5.32 Å². The molecule has 1 aromatic carbocycles. The van der Waals surface area contributed by atoms with Crippen LogP contribution in [0.1, 0.15) is 36.2 Å². The molecule has 1 heterocycles. The maximum atomic E-state index is 9.20. The molecular formula is C15H17N3S. The Labute approximate surface area is 118 Å². The molecule has 1 N–H and O–H groups in total. The lowest BCUT2D eigenvalue weighted by atomic mass is 10.0. The van der Waals surface area contributed by atoms with E-state index in [-0.39, 0.29) is 0 Å². The zero-order valence-corrected chi connectivity index (χ0v) is 12.3. The van der Waals surface area contributed by atoms with E-state index < -0.39 is 0 Å². The van der Waals surface area contributed by atoms with E-state index in [1.165, 1.54) is 22.7 Å². The first-order chi connectivity index (χ1) is 9.21. The second kappa shape index (κ2) is 5.85. The third kappa shape index (κ3) is 2.61. The lowest BCUT2D eigenvalue weighted by molar-refractivity contribution is 1.09. The van der Waals surface area contributed by atoms with Crippen molar-refractivity contribution in [3.05, 3.63) is 40.6 Å². The zero-order valence-electron chi connectivity index (χ0n) is 11.4. The topological polar surface area (TPSA) is 48.7 Å². The fraction of sp³-hybridized carbons (Fsp3) is 0.333. The van der Waals surface area contributed by atoms with E-state index in [4.69, 9.17) is 0 Å². The summed E-state index contributed by atoms with van der Waals surface area (Å²) in [5.41, 5.74) is 5.12. The third-order valence-electron chi connectivity index (χ3n) is 3.21. The maximum absolute atomic E-state index is 9.20. The standard InChI is InChI=1S/C15H17N3S/c1-4-11-7-6-8-12(5-2)14(11)17-15-13(9-16)10(3)18-19-15/h6-8,17H,4-5H2,1-3H3. The highest BCUT2D eigenvalue weighted by atomic mass is 32.1. The Morgan fingerprint density at radius 3 is 2.42 bits per heavy atom. The van der Waals surface area contributed by atoms with E-state index in [2.05, 4.69) is 47.8 Å². The molecule has 0 saturated carbocycles. The smallest absolute Gasteiger partial charge is 0.132 e. The number of nitriles is 1. The summed E-state index contributed by atoms with van der Waals surface area (Å²) in [7, 11) is 0. The summed E-state index contributed by atoms with van der Waals surface area (Å²) >= 11 is 1.35. The van der Waals surface area contributed by atoms with Gasteiger partial charge in [0.25, 0.3) is 0 Å². The molecule has 98 valence electrons. The zero-order chi connectivity index (χ0) is 13.8. The van der Waals surface area contributed by atoms with Crippen molar-refractivity contribution >= 4 is 22.2 Å². The van der Waals surface area contributed by atoms with Crippen LogP contribution in [0.5, 0.6) is 0 Å². The minimum atomic E-state index is 0.651. The molecule has 0 aliphatic heterocycles. The van der Waals surface area contributed by atoms with Crippen LogP contribution in [0.4, 0.5) is 10.7 Å². The molecule has 0 unspecified atom stereocenters. The molecule has 2 rings (SSSR count). The minimum Gasteiger partial charge on any atom is -0.344 e. The number of nitrogens with zero attached hydrogens (tertiary/aromatic N) is 2. The minimum absolute atomic E-state index is 0.651. The van der Waals surface area contributed by atoms with Crippen LogP contribution in [-0.2, 0) is 12.8 Å². The summed E-state index contributed by atoms with van der Waals surface area (Å²) in [6, 6.07) is 8.57. The molecule has 0 saturated heterocycles. The maximum Gasteiger partial charge on any atom is 0.132 e. The Morgan fingerprint density at radius 2 is 1.89 bits per heavy atom. The van der Waals surface area contributed by atoms with Crippen LogP contribution in [0.25, 0.3) is 0 Å². The summed E-state index contributed by atoms with van der Waals surface area (Å²) < 4.78 is 4.25. The van der Waals surface area contributed by atoms with Crippen molar-refractivity contribution in [1.82, 2.24) is 4.37 Å². The van der Waals surface area contributed by atoms with Crippen molar-refractivity contribution < 1.29 is 0 Å². The Bertz CT molecular complexity index is 601. The highest BCUT2D eigenvalue weighted by Crippen LogP contribution is 2.31. The molecule has 4 heteroatoms. The molecule has 3 nitrogen and oxygen atoms in total. The van der Waals surface area contributed by atoms with Gasteiger partial charge in [-0.15, -0.1) is 0 Å². The SMILES string of the molecule is CCc1cccc(CC)c1Nc1snc(C)c1C#N. The van der Waals surface area contributed by atoms with Crippen molar-refractivity contribution in [3.63, 3.8) is 0 Å². The Morgan fingerprint density at radius 1 is 1.26 bits per heavy atom. The van der Waals surface area contributed by atoms with Crippen molar-refractivity contribution in [3.8, 4) is 6.07 Å². The molecule has 0 fully saturated rings. The monoisotopic (exact) mass is 271 g/mol. The van der Waals surface area contributed by atoms with Gasteiger partial charge in [0.15, 0.2) is 0 Å². The van der Waals surface area contributed by atoms with E-state index >= 15 is 0 Å². The van der Waals surface area contributed by atoms with Crippen molar-refractivity contribution in [1.29, 1.82) is 5.26 Å². The second-order valence-corrected chi connectivity index (χ2v) is 5.14. The number of para-hydroxylation sites is 1. The van der Waals surface area contributed by atoms with E-state index in [0.717, 1.165) is 29.2 Å². The number of anilines is 2. The van der Waals surface area contributed by atoms with Crippen LogP contribution in [0.3, 0.4) is 0 Å². The molecule has 0 radical (unpaired) electrons. The van der Waals surface area contributed by atoms with Crippen LogP contribution in [0.15, 0.2) is 18.2 Å². The molecule has 0 atom stereocenters. The quantitative estimate of drug-likeness (QED) is 0.907. The molecule has 1 aromatic heterocycles. The summed E-state index contributed by atoms with van der Waals surface area (Å²) in [6.45, 7) is 6.15. The number of hydrogen-bond donors (Lipinski definition) is 1. The van der Waals surface area contributed by atoms with Crippen molar-refractivity contribution in [2.24, 2.45) is 0 Å². The van der Waals surface area contributed by atoms with Gasteiger partial charge in [0.05, 0.1) is 5.69 Å². The van der Waals surface area contributed by atoms with Gasteiger partial charge in [-0.05, 0) is 42.4 Å². The van der Waals surface area contributed by atoms with Gasteiger partial charge in [0.2, 0.25) is 0 Å². The molecule has 0 bridgehead atoms. The van der Waals surface area contributed by atoms with Crippen LogP contribution in [-0.4, -0.2) is 4.37 Å². The van der Waals surface area contributed by atoms with Gasteiger partial charge >= 0.3 is 0 Å². The van der Waals surface area contributed by atoms with Gasteiger partial charge < -0.3 is 5.32 Å². The lowest BCUT2D eigenvalue weighted by Crippen LogP contribution is -2.00. The molecular weight excluding hydrogens is 254 g/mol. The summed E-state index contributed by atoms with van der Waals surface area (Å²) in [5, 5.41) is 13.5. The van der Waals surface area contributed by atoms with Gasteiger partial charge in [0, 0.05) is 5.69 Å². The number of aromatic nitrogens is 1. The average molecular weight is 271 g/mol. The van der Waals surface area contributed by atoms with Gasteiger partial charge in [-0.25, -0.2) is 0 Å². The summed E-state index contributed by atoms with van der Waals surface area (Å²) in [4.78, 5) is 0. The van der Waals surface area contributed by atoms with Crippen molar-refractivity contribution in [2.45, 2.75) is 33.6 Å². The van der Waals surface area contributed by atoms with Crippen LogP contribution in [0, 0.1) is 18.3 Å². The molecule has 0 spiro atoms. The Kier molecular flexibility index (Phi) is 4.18. The van der Waals surface area contributed by atoms with Crippen LogP contribution >= 0.6 is 11.5 Å². The average Bonchev–Trinajstić information content (AvgIpc) is 2.79. The van der Waals surface area contributed by atoms with Crippen LogP contribution in [0.2, 0.25) is 0 Å². The largest absolute Gasteiger partial charge is 0.344 e. The highest BCUT2D eigenvalue weighted by Gasteiger charge is 2.13. The first-order valence-electron chi connectivity index (χ1n) is 6.45. The highest BCUT2D eigenvalue weighted by molar-refractivity contribution is 7.10. The number of rotatable bonds is 4. The second-order valence-electron chi connectivity index (χ2n) is 4.37. The number of benzene rings is 1. The van der Waals surface area contributed by atoms with Gasteiger partial charge in [-0.3, -0.25) is 0 Å². The van der Waals surface area contributed by atoms with Gasteiger partial charge in [0.1, 0.15) is 16.6 Å². The van der Waals surface area contributed by atoms with E-state index in [9.17, 15) is 5.26 Å². The molecule has 2 aromatic rings. The number of nitrogens with one attached hydrogen (secondary N) is 1. The first-order valence-corrected chi connectivity index (χ1v) is 7.22. The predicted octanol–water partition coefficient (Wildman–Crippen LogP) is 4.19.